The Morgan fingerprint density at radius 1 is 0.962 bits per heavy atom. The van der Waals surface area contributed by atoms with Gasteiger partial charge >= 0.3 is 6.03 Å². The van der Waals surface area contributed by atoms with Crippen molar-refractivity contribution < 1.29 is 14.4 Å². The molecule has 0 aliphatic heterocycles. The molecule has 0 radical (unpaired) electrons. The highest BCUT2D eigenvalue weighted by molar-refractivity contribution is 5.96. The second kappa shape index (κ2) is 9.22. The van der Waals surface area contributed by atoms with Crippen LogP contribution < -0.4 is 21.7 Å². The first-order valence-corrected chi connectivity index (χ1v) is 8.31. The average Bonchev–Trinajstić information content (AvgIpc) is 2.60. The third kappa shape index (κ3) is 5.94. The van der Waals surface area contributed by atoms with Crippen LogP contribution in [-0.4, -0.2) is 17.8 Å². The Labute approximate surface area is 152 Å². The predicted octanol–water partition coefficient (Wildman–Crippen LogP) is 2.85. The normalized spacial score (nSPS) is 10.0. The highest BCUT2D eigenvalue weighted by Gasteiger charge is 2.08. The zero-order valence-electron chi connectivity index (χ0n) is 14.5. The topological polar surface area (TPSA) is 113 Å². The molecule has 2 aromatic rings. The third-order valence-corrected chi connectivity index (χ3v) is 3.53. The van der Waals surface area contributed by atoms with E-state index in [1.807, 2.05) is 25.1 Å². The van der Waals surface area contributed by atoms with Gasteiger partial charge in [0.05, 0.1) is 0 Å². The number of amides is 4. The number of primary amides is 1. The van der Waals surface area contributed by atoms with Gasteiger partial charge in [0, 0.05) is 29.9 Å². The predicted molar refractivity (Wildman–Crippen MR) is 101 cm³/mol. The van der Waals surface area contributed by atoms with E-state index in [0.29, 0.717) is 29.9 Å². The highest BCUT2D eigenvalue weighted by Crippen LogP contribution is 2.13. The van der Waals surface area contributed by atoms with Crippen LogP contribution in [0.15, 0.2) is 48.5 Å². The Kier molecular flexibility index (Phi) is 6.73. The summed E-state index contributed by atoms with van der Waals surface area (Å²) in [5.74, 6) is -0.314. The van der Waals surface area contributed by atoms with Crippen molar-refractivity contribution >= 4 is 29.2 Å². The quantitative estimate of drug-likeness (QED) is 0.613. The molecule has 7 nitrogen and oxygen atoms in total. The lowest BCUT2D eigenvalue weighted by Crippen LogP contribution is -2.23. The van der Waals surface area contributed by atoms with E-state index in [1.54, 1.807) is 30.3 Å². The molecule has 136 valence electrons. The number of rotatable bonds is 7. The van der Waals surface area contributed by atoms with Crippen LogP contribution in [0.2, 0.25) is 0 Å². The lowest BCUT2D eigenvalue weighted by molar-refractivity contribution is -0.116. The van der Waals surface area contributed by atoms with Gasteiger partial charge in [0.1, 0.15) is 0 Å². The zero-order chi connectivity index (χ0) is 18.9. The van der Waals surface area contributed by atoms with E-state index in [4.69, 9.17) is 5.73 Å². The summed E-state index contributed by atoms with van der Waals surface area (Å²) >= 11 is 0. The van der Waals surface area contributed by atoms with Gasteiger partial charge in [-0.2, -0.15) is 0 Å². The molecule has 26 heavy (non-hydrogen) atoms. The second-order valence-electron chi connectivity index (χ2n) is 5.75. The number of urea groups is 1. The molecule has 0 bridgehead atoms. The van der Waals surface area contributed by atoms with Gasteiger partial charge in [-0.05, 0) is 42.3 Å². The van der Waals surface area contributed by atoms with Crippen molar-refractivity contribution in [3.8, 4) is 0 Å². The molecule has 0 spiro atoms. The van der Waals surface area contributed by atoms with E-state index in [9.17, 15) is 14.4 Å². The van der Waals surface area contributed by atoms with Crippen LogP contribution in [-0.2, 0) is 11.3 Å². The minimum atomic E-state index is -0.690. The highest BCUT2D eigenvalue weighted by atomic mass is 16.2. The largest absolute Gasteiger partial charge is 0.351 e. The molecule has 2 rings (SSSR count). The number of hydrogen-bond acceptors (Lipinski definition) is 3. The summed E-state index contributed by atoms with van der Waals surface area (Å²) in [4.78, 5) is 34.8. The molecular weight excluding hydrogens is 332 g/mol. The van der Waals surface area contributed by atoms with Crippen molar-refractivity contribution in [2.24, 2.45) is 5.73 Å². The van der Waals surface area contributed by atoms with Crippen LogP contribution in [0.5, 0.6) is 0 Å². The van der Waals surface area contributed by atoms with Crippen LogP contribution in [0.1, 0.15) is 35.7 Å². The van der Waals surface area contributed by atoms with E-state index in [-0.39, 0.29) is 11.8 Å². The number of nitrogens with two attached hydrogens (primary N) is 1. The maximum Gasteiger partial charge on any atom is 0.316 e. The molecule has 0 aromatic heterocycles. The second-order valence-corrected chi connectivity index (χ2v) is 5.75. The summed E-state index contributed by atoms with van der Waals surface area (Å²) in [6.07, 6.45) is 1.25. The molecular formula is C19H22N4O3. The number of benzene rings is 2. The van der Waals surface area contributed by atoms with E-state index in [1.165, 1.54) is 0 Å². The third-order valence-electron chi connectivity index (χ3n) is 3.53. The Balaban J connectivity index is 1.97. The molecule has 0 saturated carbocycles. The average molecular weight is 354 g/mol. The van der Waals surface area contributed by atoms with Crippen LogP contribution >= 0.6 is 0 Å². The van der Waals surface area contributed by atoms with E-state index < -0.39 is 6.03 Å². The SMILES string of the molecule is CCCC(=O)Nc1cccc(CNC(=O)c2cccc(NC(N)=O)c2)c1. The minimum Gasteiger partial charge on any atom is -0.351 e. The van der Waals surface area contributed by atoms with Crippen molar-refractivity contribution in [1.29, 1.82) is 0 Å². The van der Waals surface area contributed by atoms with Crippen molar-refractivity contribution in [2.75, 3.05) is 10.6 Å². The van der Waals surface area contributed by atoms with Gasteiger partial charge in [0.25, 0.3) is 5.91 Å². The summed E-state index contributed by atoms with van der Waals surface area (Å²) in [7, 11) is 0. The Morgan fingerprint density at radius 3 is 2.35 bits per heavy atom. The fourth-order valence-corrected chi connectivity index (χ4v) is 2.37. The lowest BCUT2D eigenvalue weighted by Gasteiger charge is -2.09. The monoisotopic (exact) mass is 354 g/mol. The van der Waals surface area contributed by atoms with Crippen molar-refractivity contribution in [1.82, 2.24) is 5.32 Å². The summed E-state index contributed by atoms with van der Waals surface area (Å²) in [5, 5.41) is 8.06. The summed E-state index contributed by atoms with van der Waals surface area (Å²) in [6, 6.07) is 13.1. The van der Waals surface area contributed by atoms with E-state index in [0.717, 1.165) is 12.0 Å². The molecule has 0 atom stereocenters. The molecule has 0 heterocycles. The fraction of sp³-hybridized carbons (Fsp3) is 0.211. The van der Waals surface area contributed by atoms with Crippen LogP contribution in [0.4, 0.5) is 16.2 Å². The standard InChI is InChI=1S/C19H22N4O3/c1-2-5-17(24)22-15-8-3-6-13(10-15)12-21-18(25)14-7-4-9-16(11-14)23-19(20)26/h3-4,6-11H,2,5,12H2,1H3,(H,21,25)(H,22,24)(H3,20,23,26). The van der Waals surface area contributed by atoms with E-state index in [2.05, 4.69) is 16.0 Å². The smallest absolute Gasteiger partial charge is 0.316 e. The molecule has 0 aliphatic carbocycles. The van der Waals surface area contributed by atoms with Gasteiger partial charge in [-0.25, -0.2) is 4.79 Å². The summed E-state index contributed by atoms with van der Waals surface area (Å²) < 4.78 is 0. The van der Waals surface area contributed by atoms with Gasteiger partial charge in [-0.15, -0.1) is 0 Å². The molecule has 0 fully saturated rings. The Bertz CT molecular complexity index is 805. The zero-order valence-corrected chi connectivity index (χ0v) is 14.5. The molecule has 7 heteroatoms. The Morgan fingerprint density at radius 2 is 1.65 bits per heavy atom. The molecule has 0 saturated heterocycles. The molecule has 5 N–H and O–H groups in total. The molecule has 0 aliphatic rings. The molecule has 0 unspecified atom stereocenters. The van der Waals surface area contributed by atoms with Crippen molar-refractivity contribution in [2.45, 2.75) is 26.3 Å². The van der Waals surface area contributed by atoms with Crippen LogP contribution in [0.25, 0.3) is 0 Å². The van der Waals surface area contributed by atoms with Gasteiger partial charge in [-0.3, -0.25) is 9.59 Å². The van der Waals surface area contributed by atoms with E-state index >= 15 is 0 Å². The first-order valence-electron chi connectivity index (χ1n) is 8.31. The van der Waals surface area contributed by atoms with Gasteiger partial charge < -0.3 is 21.7 Å². The first kappa shape index (κ1) is 19.0. The summed E-state index contributed by atoms with van der Waals surface area (Å²) in [6.45, 7) is 2.25. The number of nitrogens with one attached hydrogen (secondary N) is 3. The Hall–Kier alpha value is -3.35. The van der Waals surface area contributed by atoms with Crippen molar-refractivity contribution in [3.63, 3.8) is 0 Å². The van der Waals surface area contributed by atoms with Crippen LogP contribution in [0.3, 0.4) is 0 Å². The number of anilines is 2. The minimum absolute atomic E-state index is 0.0348. The lowest BCUT2D eigenvalue weighted by atomic mass is 10.1. The van der Waals surface area contributed by atoms with Gasteiger partial charge in [0.2, 0.25) is 5.91 Å². The number of carbonyl (C=O) groups is 3. The van der Waals surface area contributed by atoms with Gasteiger partial charge in [0.15, 0.2) is 0 Å². The maximum atomic E-state index is 12.3. The first-order chi connectivity index (χ1) is 12.5. The van der Waals surface area contributed by atoms with Gasteiger partial charge in [-0.1, -0.05) is 25.1 Å². The fourth-order valence-electron chi connectivity index (χ4n) is 2.37. The van der Waals surface area contributed by atoms with Crippen molar-refractivity contribution in [3.05, 3.63) is 59.7 Å². The maximum absolute atomic E-state index is 12.3. The summed E-state index contributed by atoms with van der Waals surface area (Å²) in [5.41, 5.74) is 7.49. The number of carbonyl (C=O) groups excluding carboxylic acids is 3. The van der Waals surface area contributed by atoms with Crippen LogP contribution in [0, 0.1) is 0 Å². The molecule has 4 amide bonds. The number of hydrogen-bond donors (Lipinski definition) is 4. The molecule has 2 aromatic carbocycles.